The van der Waals surface area contributed by atoms with Crippen molar-refractivity contribution >= 4 is 16.9 Å². The lowest BCUT2D eigenvalue weighted by Crippen LogP contribution is -2.52. The molecule has 1 N–H and O–H groups in total. The van der Waals surface area contributed by atoms with Crippen LogP contribution in [0, 0.1) is 11.6 Å². The zero-order chi connectivity index (χ0) is 17.9. The number of hydrogen-bond donors (Lipinski definition) is 1. The number of halogens is 2. The Kier molecular flexibility index (Phi) is 4.37. The lowest BCUT2D eigenvalue weighted by Gasteiger charge is -2.37. The van der Waals surface area contributed by atoms with Gasteiger partial charge >= 0.3 is 0 Å². The van der Waals surface area contributed by atoms with Gasteiger partial charge in [0.1, 0.15) is 0 Å². The molecule has 0 spiro atoms. The molecule has 0 aliphatic carbocycles. The molecule has 4 rings (SSSR count). The third-order valence-electron chi connectivity index (χ3n) is 4.24. The van der Waals surface area contributed by atoms with Crippen LogP contribution >= 0.6 is 0 Å². The molecule has 1 aliphatic rings. The Morgan fingerprint density at radius 2 is 1.42 bits per heavy atom. The van der Waals surface area contributed by atoms with Crippen LogP contribution in [0.15, 0.2) is 85.1 Å². The summed E-state index contributed by atoms with van der Waals surface area (Å²) in [6.07, 6.45) is 1.90. The van der Waals surface area contributed by atoms with Crippen LogP contribution in [0.25, 0.3) is 5.57 Å². The van der Waals surface area contributed by atoms with Crippen LogP contribution in [0.4, 0.5) is 20.2 Å². The zero-order valence-corrected chi connectivity index (χ0v) is 13.9. The van der Waals surface area contributed by atoms with Gasteiger partial charge in [0.15, 0.2) is 11.6 Å². The zero-order valence-electron chi connectivity index (χ0n) is 13.9. The summed E-state index contributed by atoms with van der Waals surface area (Å²) in [7, 11) is 0. The average molecular weight is 349 g/mol. The molecular formula is C21H17F2N3. The summed E-state index contributed by atoms with van der Waals surface area (Å²) in [6, 6.07) is 23.7. The minimum atomic E-state index is -0.879. The van der Waals surface area contributed by atoms with Crippen LogP contribution in [0.5, 0.6) is 0 Å². The molecule has 0 amide bonds. The molecule has 1 heterocycles. The highest BCUT2D eigenvalue weighted by atomic mass is 19.2. The van der Waals surface area contributed by atoms with Crippen molar-refractivity contribution in [2.75, 3.05) is 16.6 Å². The van der Waals surface area contributed by atoms with E-state index in [1.54, 1.807) is 11.1 Å². The molecule has 130 valence electrons. The third kappa shape index (κ3) is 3.30. The van der Waals surface area contributed by atoms with Gasteiger partial charge in [-0.2, -0.15) is 0 Å². The van der Waals surface area contributed by atoms with Gasteiger partial charge in [-0.15, -0.1) is 5.53 Å². The van der Waals surface area contributed by atoms with E-state index in [1.807, 2.05) is 71.9 Å². The first kappa shape index (κ1) is 16.3. The third-order valence-corrected chi connectivity index (χ3v) is 4.24. The maximum Gasteiger partial charge on any atom is 0.160 e. The average Bonchev–Trinajstić information content (AvgIpc) is 2.71. The first-order chi connectivity index (χ1) is 12.7. The van der Waals surface area contributed by atoms with Crippen molar-refractivity contribution in [1.29, 1.82) is 0 Å². The van der Waals surface area contributed by atoms with Crippen LogP contribution in [-0.2, 0) is 0 Å². The summed E-state index contributed by atoms with van der Waals surface area (Å²) >= 11 is 0. The van der Waals surface area contributed by atoms with E-state index in [-0.39, 0.29) is 0 Å². The van der Waals surface area contributed by atoms with Crippen LogP contribution in [0.2, 0.25) is 0 Å². The number of hydrazine groups is 2. The molecule has 3 aromatic carbocycles. The highest BCUT2D eigenvalue weighted by molar-refractivity contribution is 5.74. The number of rotatable bonds is 3. The van der Waals surface area contributed by atoms with E-state index < -0.39 is 11.6 Å². The molecular weight excluding hydrogens is 332 g/mol. The lowest BCUT2D eigenvalue weighted by atomic mass is 10.1. The van der Waals surface area contributed by atoms with Crippen LogP contribution in [0.3, 0.4) is 0 Å². The van der Waals surface area contributed by atoms with Crippen molar-refractivity contribution < 1.29 is 8.78 Å². The van der Waals surface area contributed by atoms with E-state index in [9.17, 15) is 8.78 Å². The Morgan fingerprint density at radius 3 is 2.12 bits per heavy atom. The number of benzene rings is 3. The first-order valence-electron chi connectivity index (χ1n) is 8.30. The Labute approximate surface area is 150 Å². The molecule has 0 saturated carbocycles. The van der Waals surface area contributed by atoms with Crippen molar-refractivity contribution in [3.05, 3.63) is 102 Å². The molecule has 0 saturated heterocycles. The molecule has 1 aliphatic heterocycles. The van der Waals surface area contributed by atoms with Crippen LogP contribution < -0.4 is 15.6 Å². The predicted octanol–water partition coefficient (Wildman–Crippen LogP) is 4.75. The number of nitrogens with zero attached hydrogens (tertiary/aromatic N) is 2. The second-order valence-corrected chi connectivity index (χ2v) is 6.01. The molecule has 0 fully saturated rings. The normalized spacial score (nSPS) is 14.3. The van der Waals surface area contributed by atoms with Gasteiger partial charge < -0.3 is 0 Å². The molecule has 0 atom stereocenters. The van der Waals surface area contributed by atoms with Gasteiger partial charge in [-0.3, -0.25) is 10.0 Å². The van der Waals surface area contributed by atoms with Crippen molar-refractivity contribution in [2.45, 2.75) is 0 Å². The summed E-state index contributed by atoms with van der Waals surface area (Å²) in [6.45, 7) is 0.633. The van der Waals surface area contributed by atoms with Gasteiger partial charge in [0, 0.05) is 12.3 Å². The highest BCUT2D eigenvalue weighted by Crippen LogP contribution is 2.27. The quantitative estimate of drug-likeness (QED) is 0.736. The summed E-state index contributed by atoms with van der Waals surface area (Å²) < 4.78 is 27.0. The topological polar surface area (TPSA) is 18.5 Å². The van der Waals surface area contributed by atoms with E-state index >= 15 is 0 Å². The fraction of sp³-hybridized carbons (Fsp3) is 0.0476. The highest BCUT2D eigenvalue weighted by Gasteiger charge is 2.20. The van der Waals surface area contributed by atoms with Gasteiger partial charge in [0.25, 0.3) is 0 Å². The van der Waals surface area contributed by atoms with E-state index in [4.69, 9.17) is 0 Å². The molecule has 3 aromatic rings. The molecule has 26 heavy (non-hydrogen) atoms. The summed E-state index contributed by atoms with van der Waals surface area (Å²) in [4.78, 5) is 0. The van der Waals surface area contributed by atoms with Gasteiger partial charge in [-0.25, -0.2) is 8.78 Å². The maximum absolute atomic E-state index is 13.7. The SMILES string of the molecule is Fc1ccc(N2C=C(c3ccccc3)CN(c3ccccc3)N2)cc1F. The fourth-order valence-corrected chi connectivity index (χ4v) is 2.90. The lowest BCUT2D eigenvalue weighted by molar-refractivity contribution is 0.507. The summed E-state index contributed by atoms with van der Waals surface area (Å²) in [5, 5.41) is 3.66. The molecule has 3 nitrogen and oxygen atoms in total. The van der Waals surface area contributed by atoms with E-state index in [2.05, 4.69) is 5.53 Å². The van der Waals surface area contributed by atoms with Crippen molar-refractivity contribution in [3.8, 4) is 0 Å². The maximum atomic E-state index is 13.7. The van der Waals surface area contributed by atoms with E-state index in [1.165, 1.54) is 6.07 Å². The van der Waals surface area contributed by atoms with Gasteiger partial charge in [-0.05, 0) is 35.4 Å². The number of nitrogens with one attached hydrogen (secondary N) is 1. The Hall–Kier alpha value is -3.18. The Balaban J connectivity index is 1.74. The monoisotopic (exact) mass is 349 g/mol. The number of hydrogen-bond acceptors (Lipinski definition) is 3. The van der Waals surface area contributed by atoms with Crippen LogP contribution in [-0.4, -0.2) is 6.54 Å². The number of anilines is 2. The van der Waals surface area contributed by atoms with Crippen molar-refractivity contribution in [3.63, 3.8) is 0 Å². The molecule has 0 radical (unpaired) electrons. The fourth-order valence-electron chi connectivity index (χ4n) is 2.90. The minimum absolute atomic E-state index is 0.512. The van der Waals surface area contributed by atoms with Gasteiger partial charge in [0.05, 0.1) is 17.9 Å². The first-order valence-corrected chi connectivity index (χ1v) is 8.30. The Bertz CT molecular complexity index is 927. The smallest absolute Gasteiger partial charge is 0.160 e. The largest absolute Gasteiger partial charge is 0.286 e. The van der Waals surface area contributed by atoms with Crippen LogP contribution in [0.1, 0.15) is 5.56 Å². The van der Waals surface area contributed by atoms with E-state index in [0.29, 0.717) is 12.2 Å². The van der Waals surface area contributed by atoms with E-state index in [0.717, 1.165) is 22.9 Å². The predicted molar refractivity (Wildman–Crippen MR) is 100 cm³/mol. The van der Waals surface area contributed by atoms with Crippen molar-refractivity contribution in [2.24, 2.45) is 0 Å². The molecule has 0 bridgehead atoms. The Morgan fingerprint density at radius 1 is 0.731 bits per heavy atom. The second kappa shape index (κ2) is 6.98. The second-order valence-electron chi connectivity index (χ2n) is 6.01. The summed E-state index contributed by atoms with van der Waals surface area (Å²) in [5.74, 6) is -1.74. The van der Waals surface area contributed by atoms with Gasteiger partial charge in [-0.1, -0.05) is 48.5 Å². The van der Waals surface area contributed by atoms with Gasteiger partial charge in [0.2, 0.25) is 0 Å². The standard InChI is InChI=1S/C21H17F2N3/c22-20-12-11-19(13-21(20)23)26-15-17(16-7-3-1-4-8-16)14-25(24-26)18-9-5-2-6-10-18/h1-13,15,24H,14H2. The molecule has 5 heteroatoms. The molecule has 0 unspecified atom stereocenters. The molecule has 0 aromatic heterocycles. The number of para-hydroxylation sites is 1. The minimum Gasteiger partial charge on any atom is -0.286 e. The summed E-state index contributed by atoms with van der Waals surface area (Å²) in [5.41, 5.74) is 6.84. The van der Waals surface area contributed by atoms with Crippen molar-refractivity contribution in [1.82, 2.24) is 5.53 Å².